The van der Waals surface area contributed by atoms with E-state index in [9.17, 15) is 8.42 Å². The van der Waals surface area contributed by atoms with Gasteiger partial charge >= 0.3 is 0 Å². The van der Waals surface area contributed by atoms with Crippen LogP contribution in [-0.4, -0.2) is 28.2 Å². The Morgan fingerprint density at radius 2 is 1.75 bits per heavy atom. The predicted octanol–water partition coefficient (Wildman–Crippen LogP) is 2.41. The van der Waals surface area contributed by atoms with Crippen molar-refractivity contribution in [3.05, 3.63) is 29.8 Å². The number of rotatable bonds is 9. The summed E-state index contributed by atoms with van der Waals surface area (Å²) in [5.41, 5.74) is 0.999. The molecule has 0 aliphatic heterocycles. The lowest BCUT2D eigenvalue weighted by molar-refractivity contribution is 0.132. The first-order valence-corrected chi connectivity index (χ1v) is 7.88. The molecule has 1 aromatic rings. The van der Waals surface area contributed by atoms with Crippen LogP contribution in [0.15, 0.2) is 29.2 Å². The minimum atomic E-state index is -3.66. The molecule has 0 atom stereocenters. The van der Waals surface area contributed by atoms with E-state index in [1.807, 2.05) is 13.0 Å². The van der Waals surface area contributed by atoms with E-state index in [0.29, 0.717) is 32.5 Å². The lowest BCUT2D eigenvalue weighted by Crippen LogP contribution is -2.08. The number of aryl methyl sites for hydroxylation is 1. The number of nitrogens with zero attached hydrogens (tertiary/aromatic N) is 1. The van der Waals surface area contributed by atoms with Gasteiger partial charge in [0.05, 0.1) is 30.6 Å². The maximum atomic E-state index is 11.8. The smallest absolute Gasteiger partial charge is 0.296 e. The molecule has 0 saturated heterocycles. The summed E-state index contributed by atoms with van der Waals surface area (Å²) in [7, 11) is -3.66. The highest BCUT2D eigenvalue weighted by Crippen LogP contribution is 2.13. The van der Waals surface area contributed by atoms with Crippen molar-refractivity contribution in [1.29, 1.82) is 5.26 Å². The van der Waals surface area contributed by atoms with Gasteiger partial charge < -0.3 is 4.74 Å². The van der Waals surface area contributed by atoms with Crippen LogP contribution in [-0.2, 0) is 19.0 Å². The molecule has 1 aromatic carbocycles. The second-order valence-electron chi connectivity index (χ2n) is 4.32. The van der Waals surface area contributed by atoms with Crippen LogP contribution in [0.25, 0.3) is 0 Å². The average Bonchev–Trinajstić information content (AvgIpc) is 2.42. The van der Waals surface area contributed by atoms with E-state index in [-0.39, 0.29) is 11.5 Å². The van der Waals surface area contributed by atoms with Crippen LogP contribution in [0, 0.1) is 18.3 Å². The van der Waals surface area contributed by atoms with Crippen LogP contribution < -0.4 is 0 Å². The van der Waals surface area contributed by atoms with E-state index in [1.165, 1.54) is 12.1 Å². The molecule has 0 radical (unpaired) electrons. The minimum Gasteiger partial charge on any atom is -0.380 e. The van der Waals surface area contributed by atoms with Gasteiger partial charge in [0, 0.05) is 6.61 Å². The Labute approximate surface area is 120 Å². The van der Waals surface area contributed by atoms with Gasteiger partial charge in [0.25, 0.3) is 10.1 Å². The second kappa shape index (κ2) is 8.69. The quantitative estimate of drug-likeness (QED) is 0.517. The van der Waals surface area contributed by atoms with Crippen molar-refractivity contribution in [3.63, 3.8) is 0 Å². The first kappa shape index (κ1) is 16.6. The molecule has 0 heterocycles. The molecule has 1 rings (SSSR count). The van der Waals surface area contributed by atoms with Gasteiger partial charge in [-0.1, -0.05) is 17.7 Å². The molecule has 0 aliphatic rings. The fourth-order valence-electron chi connectivity index (χ4n) is 1.47. The zero-order chi connectivity index (χ0) is 14.8. The molecule has 0 spiro atoms. The molecule has 110 valence electrons. The van der Waals surface area contributed by atoms with Gasteiger partial charge in [-0.25, -0.2) is 0 Å². The summed E-state index contributed by atoms with van der Waals surface area (Å²) in [4.78, 5) is 0.174. The Morgan fingerprint density at radius 3 is 2.40 bits per heavy atom. The van der Waals surface area contributed by atoms with Gasteiger partial charge in [-0.05, 0) is 31.9 Å². The average molecular weight is 297 g/mol. The molecule has 0 aliphatic carbocycles. The number of ether oxygens (including phenoxy) is 1. The summed E-state index contributed by atoms with van der Waals surface area (Å²) in [5, 5.41) is 8.31. The summed E-state index contributed by atoms with van der Waals surface area (Å²) in [6.45, 7) is 2.95. The molecular formula is C14H19NO4S. The molecule has 0 saturated carbocycles. The zero-order valence-electron chi connectivity index (χ0n) is 11.5. The van der Waals surface area contributed by atoms with Gasteiger partial charge in [-0.2, -0.15) is 13.7 Å². The highest BCUT2D eigenvalue weighted by Gasteiger charge is 2.14. The SMILES string of the molecule is Cc1ccc(S(=O)(=O)OCCCCOCCC#N)cc1. The molecule has 0 bridgehead atoms. The zero-order valence-corrected chi connectivity index (χ0v) is 12.4. The maximum Gasteiger partial charge on any atom is 0.296 e. The number of benzene rings is 1. The van der Waals surface area contributed by atoms with Gasteiger partial charge in [-0.15, -0.1) is 0 Å². The van der Waals surface area contributed by atoms with Crippen molar-refractivity contribution >= 4 is 10.1 Å². The first-order chi connectivity index (χ1) is 9.56. The number of unbranched alkanes of at least 4 members (excludes halogenated alkanes) is 1. The maximum absolute atomic E-state index is 11.8. The second-order valence-corrected chi connectivity index (χ2v) is 5.93. The lowest BCUT2D eigenvalue weighted by atomic mass is 10.2. The van der Waals surface area contributed by atoms with Crippen LogP contribution in [0.1, 0.15) is 24.8 Å². The molecule has 0 aromatic heterocycles. The van der Waals surface area contributed by atoms with Crippen molar-refractivity contribution in [2.45, 2.75) is 31.1 Å². The topological polar surface area (TPSA) is 76.4 Å². The van der Waals surface area contributed by atoms with Crippen molar-refractivity contribution in [3.8, 4) is 6.07 Å². The highest BCUT2D eigenvalue weighted by molar-refractivity contribution is 7.86. The third kappa shape index (κ3) is 6.15. The number of hydrogen-bond acceptors (Lipinski definition) is 5. The Kier molecular flexibility index (Phi) is 7.23. The van der Waals surface area contributed by atoms with Gasteiger partial charge in [0.15, 0.2) is 0 Å². The first-order valence-electron chi connectivity index (χ1n) is 6.47. The predicted molar refractivity (Wildman–Crippen MR) is 74.6 cm³/mol. The molecule has 5 nitrogen and oxygen atoms in total. The third-order valence-corrected chi connectivity index (χ3v) is 3.92. The normalized spacial score (nSPS) is 11.2. The van der Waals surface area contributed by atoms with Gasteiger partial charge in [0.2, 0.25) is 0 Å². The molecule has 0 fully saturated rings. The van der Waals surface area contributed by atoms with Crippen LogP contribution in [0.4, 0.5) is 0 Å². The van der Waals surface area contributed by atoms with Crippen molar-refractivity contribution in [2.75, 3.05) is 19.8 Å². The Hall–Kier alpha value is -1.42. The summed E-state index contributed by atoms with van der Waals surface area (Å²) < 4.78 is 33.8. The molecule has 0 unspecified atom stereocenters. The molecular weight excluding hydrogens is 278 g/mol. The number of hydrogen-bond donors (Lipinski definition) is 0. The fourth-order valence-corrected chi connectivity index (χ4v) is 2.41. The standard InChI is InChI=1S/C14H19NO4S/c1-13-5-7-14(8-6-13)20(16,17)19-12-3-2-10-18-11-4-9-15/h5-8H,2-4,10-12H2,1H3. The molecule has 6 heteroatoms. The molecule has 0 N–H and O–H groups in total. The third-order valence-electron chi connectivity index (χ3n) is 2.59. The van der Waals surface area contributed by atoms with Crippen LogP contribution in [0.2, 0.25) is 0 Å². The van der Waals surface area contributed by atoms with Crippen LogP contribution in [0.5, 0.6) is 0 Å². The largest absolute Gasteiger partial charge is 0.380 e. The van der Waals surface area contributed by atoms with E-state index in [4.69, 9.17) is 14.2 Å². The molecule has 20 heavy (non-hydrogen) atoms. The minimum absolute atomic E-state index is 0.137. The van der Waals surface area contributed by atoms with Crippen LogP contribution in [0.3, 0.4) is 0 Å². The van der Waals surface area contributed by atoms with E-state index >= 15 is 0 Å². The van der Waals surface area contributed by atoms with E-state index < -0.39 is 10.1 Å². The Morgan fingerprint density at radius 1 is 1.10 bits per heavy atom. The van der Waals surface area contributed by atoms with E-state index in [0.717, 1.165) is 5.56 Å². The van der Waals surface area contributed by atoms with Gasteiger partial charge in [-0.3, -0.25) is 4.18 Å². The monoisotopic (exact) mass is 297 g/mol. The van der Waals surface area contributed by atoms with Crippen LogP contribution >= 0.6 is 0 Å². The summed E-state index contributed by atoms with van der Waals surface area (Å²) in [6, 6.07) is 8.53. The highest BCUT2D eigenvalue weighted by atomic mass is 32.2. The lowest BCUT2D eigenvalue weighted by Gasteiger charge is -2.06. The summed E-state index contributed by atoms with van der Waals surface area (Å²) in [6.07, 6.45) is 1.67. The summed E-state index contributed by atoms with van der Waals surface area (Å²) in [5.74, 6) is 0. The van der Waals surface area contributed by atoms with Crippen molar-refractivity contribution in [2.24, 2.45) is 0 Å². The Bertz CT molecular complexity index is 531. The van der Waals surface area contributed by atoms with E-state index in [1.54, 1.807) is 12.1 Å². The fraction of sp³-hybridized carbons (Fsp3) is 0.500. The van der Waals surface area contributed by atoms with E-state index in [2.05, 4.69) is 0 Å². The van der Waals surface area contributed by atoms with Crippen molar-refractivity contribution < 1.29 is 17.3 Å². The Balaban J connectivity index is 2.24. The van der Waals surface area contributed by atoms with Crippen molar-refractivity contribution in [1.82, 2.24) is 0 Å². The summed E-state index contributed by atoms with van der Waals surface area (Å²) >= 11 is 0. The molecule has 0 amide bonds. The van der Waals surface area contributed by atoms with Gasteiger partial charge in [0.1, 0.15) is 0 Å². The number of nitriles is 1.